The van der Waals surface area contributed by atoms with E-state index in [-0.39, 0.29) is 6.61 Å². The summed E-state index contributed by atoms with van der Waals surface area (Å²) in [6.07, 6.45) is 0.972. The van der Waals surface area contributed by atoms with Crippen LogP contribution in [0.5, 0.6) is 5.75 Å². The highest BCUT2D eigenvalue weighted by atomic mass is 35.5. The van der Waals surface area contributed by atoms with E-state index in [1.54, 1.807) is 48.5 Å². The van der Waals surface area contributed by atoms with Crippen LogP contribution < -0.4 is 15.5 Å². The molecule has 0 aliphatic carbocycles. The van der Waals surface area contributed by atoms with Crippen LogP contribution in [0.15, 0.2) is 53.6 Å². The van der Waals surface area contributed by atoms with E-state index < -0.39 is 24.2 Å². The number of rotatable bonds is 8. The van der Waals surface area contributed by atoms with Crippen molar-refractivity contribution in [2.24, 2.45) is 5.10 Å². The molecule has 0 saturated carbocycles. The lowest BCUT2D eigenvalue weighted by molar-refractivity contribution is -0.143. The molecule has 2 rings (SSSR count). The number of nitrogens with zero attached hydrogens (tertiary/aromatic N) is 1. The predicted octanol–water partition coefficient (Wildman–Crippen LogP) is 2.37. The number of hydrogen-bond acceptors (Lipinski definition) is 6. The Kier molecular flexibility index (Phi) is 7.98. The lowest BCUT2D eigenvalue weighted by Gasteiger charge is -2.06. The van der Waals surface area contributed by atoms with Gasteiger partial charge in [-0.25, -0.2) is 10.2 Å². The van der Waals surface area contributed by atoms with E-state index in [0.717, 1.165) is 0 Å². The predicted molar refractivity (Wildman–Crippen MR) is 104 cm³/mol. The number of esters is 1. The minimum absolute atomic E-state index is 0.214. The van der Waals surface area contributed by atoms with Crippen molar-refractivity contribution in [2.75, 3.05) is 19.0 Å². The average molecular weight is 404 g/mol. The van der Waals surface area contributed by atoms with Crippen LogP contribution in [-0.4, -0.2) is 37.7 Å². The summed E-state index contributed by atoms with van der Waals surface area (Å²) in [6, 6.07) is 13.4. The Bertz CT molecular complexity index is 885. The van der Waals surface area contributed by atoms with Crippen LogP contribution in [0.2, 0.25) is 5.02 Å². The summed E-state index contributed by atoms with van der Waals surface area (Å²) in [5.41, 5.74) is 3.32. The van der Waals surface area contributed by atoms with Crippen molar-refractivity contribution in [3.8, 4) is 5.75 Å². The molecule has 0 atom stereocenters. The maximum absolute atomic E-state index is 11.9. The lowest BCUT2D eigenvalue weighted by Crippen LogP contribution is -2.24. The topological polar surface area (TPSA) is 106 Å². The standard InChI is InChI=1S/C19H18ClN3O5/c1-27-19(26)12-28-14-6-4-5-13(9-14)11-21-23-18(25)10-17(24)22-16-8-3-2-7-15(16)20/h2-9,11H,10,12H2,1H3,(H,22,24)(H,23,25). The number of carbonyl (C=O) groups excluding carboxylic acids is 3. The van der Waals surface area contributed by atoms with E-state index >= 15 is 0 Å². The van der Waals surface area contributed by atoms with Crippen LogP contribution in [-0.2, 0) is 19.1 Å². The molecule has 0 bridgehead atoms. The molecule has 0 aromatic heterocycles. The van der Waals surface area contributed by atoms with Crippen molar-refractivity contribution < 1.29 is 23.9 Å². The molecule has 2 aromatic carbocycles. The molecule has 28 heavy (non-hydrogen) atoms. The number of para-hydroxylation sites is 1. The number of amides is 2. The Morgan fingerprint density at radius 3 is 2.64 bits per heavy atom. The van der Waals surface area contributed by atoms with Crippen molar-refractivity contribution in [3.05, 3.63) is 59.1 Å². The molecule has 0 radical (unpaired) electrons. The van der Waals surface area contributed by atoms with E-state index in [2.05, 4.69) is 20.6 Å². The molecular weight excluding hydrogens is 386 g/mol. The zero-order valence-electron chi connectivity index (χ0n) is 15.0. The maximum atomic E-state index is 11.9. The van der Waals surface area contributed by atoms with Gasteiger partial charge in [0.05, 0.1) is 24.0 Å². The van der Waals surface area contributed by atoms with Gasteiger partial charge in [0.2, 0.25) is 11.8 Å². The number of ether oxygens (including phenoxy) is 2. The number of hydrazone groups is 1. The minimum atomic E-state index is -0.584. The maximum Gasteiger partial charge on any atom is 0.343 e. The van der Waals surface area contributed by atoms with Crippen molar-refractivity contribution in [1.29, 1.82) is 0 Å². The van der Waals surface area contributed by atoms with Crippen molar-refractivity contribution in [3.63, 3.8) is 0 Å². The first-order chi connectivity index (χ1) is 13.5. The zero-order chi connectivity index (χ0) is 20.4. The molecule has 0 heterocycles. The number of hydrogen-bond donors (Lipinski definition) is 2. The van der Waals surface area contributed by atoms with Crippen molar-refractivity contribution >= 4 is 41.3 Å². The van der Waals surface area contributed by atoms with Crippen LogP contribution in [0.3, 0.4) is 0 Å². The number of methoxy groups -OCH3 is 1. The molecule has 0 spiro atoms. The number of anilines is 1. The first kappa shape index (κ1) is 20.9. The Balaban J connectivity index is 1.82. The zero-order valence-corrected chi connectivity index (χ0v) is 15.7. The van der Waals surface area contributed by atoms with Gasteiger partial charge in [0.15, 0.2) is 6.61 Å². The lowest BCUT2D eigenvalue weighted by atomic mass is 10.2. The van der Waals surface area contributed by atoms with E-state index in [4.69, 9.17) is 16.3 Å². The van der Waals surface area contributed by atoms with E-state index in [0.29, 0.717) is 22.0 Å². The largest absolute Gasteiger partial charge is 0.482 e. The van der Waals surface area contributed by atoms with Gasteiger partial charge in [-0.2, -0.15) is 5.10 Å². The summed E-state index contributed by atoms with van der Waals surface area (Å²) in [5.74, 6) is -1.15. The third-order valence-electron chi connectivity index (χ3n) is 3.31. The summed E-state index contributed by atoms with van der Waals surface area (Å²) in [5, 5.41) is 6.72. The molecule has 2 amide bonds. The number of benzene rings is 2. The first-order valence-corrected chi connectivity index (χ1v) is 8.51. The highest BCUT2D eigenvalue weighted by molar-refractivity contribution is 6.33. The van der Waals surface area contributed by atoms with Crippen LogP contribution in [0, 0.1) is 0 Å². The molecule has 8 nitrogen and oxygen atoms in total. The van der Waals surface area contributed by atoms with Crippen LogP contribution in [0.25, 0.3) is 0 Å². The highest BCUT2D eigenvalue weighted by Gasteiger charge is 2.10. The van der Waals surface area contributed by atoms with E-state index in [1.807, 2.05) is 0 Å². The summed E-state index contributed by atoms with van der Waals surface area (Å²) in [6.45, 7) is -0.214. The van der Waals surface area contributed by atoms with E-state index in [9.17, 15) is 14.4 Å². The Labute approximate surface area is 166 Å². The summed E-state index contributed by atoms with van der Waals surface area (Å²) < 4.78 is 9.75. The third-order valence-corrected chi connectivity index (χ3v) is 3.64. The van der Waals surface area contributed by atoms with Gasteiger partial charge in [-0.05, 0) is 29.8 Å². The van der Waals surface area contributed by atoms with Gasteiger partial charge < -0.3 is 14.8 Å². The third kappa shape index (κ3) is 7.08. The Morgan fingerprint density at radius 1 is 1.11 bits per heavy atom. The Hall–Kier alpha value is -3.39. The minimum Gasteiger partial charge on any atom is -0.482 e. The second-order valence-electron chi connectivity index (χ2n) is 5.44. The fraction of sp³-hybridized carbons (Fsp3) is 0.158. The average Bonchev–Trinajstić information content (AvgIpc) is 2.68. The SMILES string of the molecule is COC(=O)COc1cccc(C=NNC(=O)CC(=O)Nc2ccccc2Cl)c1. The van der Waals surface area contributed by atoms with Gasteiger partial charge in [0, 0.05) is 0 Å². The van der Waals surface area contributed by atoms with Gasteiger partial charge in [0.25, 0.3) is 0 Å². The molecule has 0 fully saturated rings. The van der Waals surface area contributed by atoms with Gasteiger partial charge in [-0.3, -0.25) is 9.59 Å². The van der Waals surface area contributed by atoms with Gasteiger partial charge in [-0.1, -0.05) is 35.9 Å². The molecule has 0 saturated heterocycles. The van der Waals surface area contributed by atoms with Gasteiger partial charge in [0.1, 0.15) is 12.2 Å². The van der Waals surface area contributed by atoms with Crippen LogP contribution in [0.4, 0.5) is 5.69 Å². The second kappa shape index (κ2) is 10.7. The number of nitrogens with one attached hydrogen (secondary N) is 2. The normalized spacial score (nSPS) is 10.4. The molecular formula is C19H18ClN3O5. The number of halogens is 1. The Morgan fingerprint density at radius 2 is 1.89 bits per heavy atom. The quantitative estimate of drug-likeness (QED) is 0.304. The highest BCUT2D eigenvalue weighted by Crippen LogP contribution is 2.20. The smallest absolute Gasteiger partial charge is 0.343 e. The van der Waals surface area contributed by atoms with Crippen LogP contribution in [0.1, 0.15) is 12.0 Å². The molecule has 2 N–H and O–H groups in total. The molecule has 146 valence electrons. The summed E-state index contributed by atoms with van der Waals surface area (Å²) in [4.78, 5) is 34.7. The van der Waals surface area contributed by atoms with Crippen molar-refractivity contribution in [2.45, 2.75) is 6.42 Å². The first-order valence-electron chi connectivity index (χ1n) is 8.14. The fourth-order valence-corrected chi connectivity index (χ4v) is 2.19. The summed E-state index contributed by atoms with van der Waals surface area (Å²) in [7, 11) is 1.27. The van der Waals surface area contributed by atoms with Crippen LogP contribution >= 0.6 is 11.6 Å². The monoisotopic (exact) mass is 403 g/mol. The molecule has 0 aliphatic rings. The van der Waals surface area contributed by atoms with Gasteiger partial charge in [-0.15, -0.1) is 0 Å². The second-order valence-corrected chi connectivity index (χ2v) is 5.84. The molecule has 2 aromatic rings. The molecule has 0 aliphatic heterocycles. The fourth-order valence-electron chi connectivity index (χ4n) is 2.01. The number of carbonyl (C=O) groups is 3. The van der Waals surface area contributed by atoms with E-state index in [1.165, 1.54) is 13.3 Å². The molecule has 0 unspecified atom stereocenters. The summed E-state index contributed by atoms with van der Waals surface area (Å²) >= 11 is 5.94. The molecule has 9 heteroatoms. The van der Waals surface area contributed by atoms with Gasteiger partial charge >= 0.3 is 5.97 Å². The van der Waals surface area contributed by atoms with Crippen molar-refractivity contribution in [1.82, 2.24) is 5.43 Å².